The highest BCUT2D eigenvalue weighted by Gasteiger charge is 2.44. The first-order chi connectivity index (χ1) is 14.5. The minimum atomic E-state index is -1.50. The van der Waals surface area contributed by atoms with E-state index in [4.69, 9.17) is 9.47 Å². The van der Waals surface area contributed by atoms with Crippen LogP contribution in [0.2, 0.25) is 0 Å². The summed E-state index contributed by atoms with van der Waals surface area (Å²) >= 11 is 0. The van der Waals surface area contributed by atoms with Crippen molar-refractivity contribution in [1.82, 2.24) is 9.55 Å². The van der Waals surface area contributed by atoms with Gasteiger partial charge in [0.1, 0.15) is 35.7 Å². The summed E-state index contributed by atoms with van der Waals surface area (Å²) in [6.45, 7) is 2.18. The van der Waals surface area contributed by atoms with E-state index in [-0.39, 0.29) is 0 Å². The smallest absolute Gasteiger partial charge is 0.229 e. The molecule has 0 bridgehead atoms. The Morgan fingerprint density at radius 1 is 1.00 bits per heavy atom. The highest BCUT2D eigenvalue weighted by molar-refractivity contribution is 5.82. The van der Waals surface area contributed by atoms with Gasteiger partial charge < -0.3 is 34.5 Å². The number of rotatable bonds is 6. The van der Waals surface area contributed by atoms with Gasteiger partial charge in [0.25, 0.3) is 0 Å². The Morgan fingerprint density at radius 2 is 1.73 bits per heavy atom. The third-order valence-corrected chi connectivity index (χ3v) is 5.48. The zero-order valence-electron chi connectivity index (χ0n) is 16.6. The Kier molecular flexibility index (Phi) is 6.03. The number of aromatic nitrogens is 2. The van der Waals surface area contributed by atoms with E-state index in [2.05, 4.69) is 36.2 Å². The second-order valence-corrected chi connectivity index (χ2v) is 7.48. The number of aliphatic hydroxyl groups excluding tert-OH is 4. The van der Waals surface area contributed by atoms with Crippen LogP contribution in [0.15, 0.2) is 48.8 Å². The maximum atomic E-state index is 10.3. The number of nitrogens with zero attached hydrogens (tertiary/aromatic N) is 2. The summed E-state index contributed by atoms with van der Waals surface area (Å²) in [7, 11) is 0. The third kappa shape index (κ3) is 3.92. The summed E-state index contributed by atoms with van der Waals surface area (Å²) in [5.41, 5.74) is 3.80. The molecule has 0 amide bonds. The summed E-state index contributed by atoms with van der Waals surface area (Å²) in [4.78, 5) is 4.43. The molecule has 1 aromatic heterocycles. The van der Waals surface area contributed by atoms with Crippen LogP contribution in [0.4, 0.5) is 0 Å². The first-order valence-electron chi connectivity index (χ1n) is 10.0. The topological polar surface area (TPSA) is 117 Å². The second kappa shape index (κ2) is 8.71. The van der Waals surface area contributed by atoms with Crippen molar-refractivity contribution in [2.75, 3.05) is 6.61 Å². The molecule has 4 rings (SSSR count). The molecule has 2 aromatic carbocycles. The largest absolute Gasteiger partial charge is 0.460 e. The van der Waals surface area contributed by atoms with Gasteiger partial charge in [-0.2, -0.15) is 0 Å². The third-order valence-electron chi connectivity index (χ3n) is 5.48. The predicted molar refractivity (Wildman–Crippen MR) is 109 cm³/mol. The van der Waals surface area contributed by atoms with E-state index < -0.39 is 37.3 Å². The van der Waals surface area contributed by atoms with Gasteiger partial charge in [-0.25, -0.2) is 4.98 Å². The number of benzene rings is 2. The SMILES string of the molecule is CCc1ccc(Cn2cnc3cccc(OC4OC(CO)C(O)C(O)C4O)c32)cc1. The van der Waals surface area contributed by atoms with Crippen molar-refractivity contribution < 1.29 is 29.9 Å². The van der Waals surface area contributed by atoms with E-state index in [1.54, 1.807) is 18.5 Å². The second-order valence-electron chi connectivity index (χ2n) is 7.48. The quantitative estimate of drug-likeness (QED) is 0.472. The molecule has 1 aliphatic rings. The summed E-state index contributed by atoms with van der Waals surface area (Å²) in [5.74, 6) is 0.416. The molecule has 0 aliphatic carbocycles. The number of para-hydroxylation sites is 1. The van der Waals surface area contributed by atoms with Gasteiger partial charge in [-0.15, -0.1) is 0 Å². The number of fused-ring (bicyclic) bond motifs is 1. The summed E-state index contributed by atoms with van der Waals surface area (Å²) < 4.78 is 13.3. The van der Waals surface area contributed by atoms with Gasteiger partial charge in [0.15, 0.2) is 0 Å². The van der Waals surface area contributed by atoms with Crippen molar-refractivity contribution in [3.63, 3.8) is 0 Å². The van der Waals surface area contributed by atoms with Crippen LogP contribution >= 0.6 is 0 Å². The highest BCUT2D eigenvalue weighted by atomic mass is 16.7. The van der Waals surface area contributed by atoms with Crippen LogP contribution in [0, 0.1) is 0 Å². The fourth-order valence-corrected chi connectivity index (χ4v) is 3.68. The molecule has 8 nitrogen and oxygen atoms in total. The van der Waals surface area contributed by atoms with Crippen molar-refractivity contribution in [2.45, 2.75) is 50.6 Å². The van der Waals surface area contributed by atoms with Gasteiger partial charge in [-0.05, 0) is 29.7 Å². The van der Waals surface area contributed by atoms with Crippen LogP contribution in [0.25, 0.3) is 11.0 Å². The van der Waals surface area contributed by atoms with E-state index in [1.165, 1.54) is 5.56 Å². The molecule has 8 heteroatoms. The van der Waals surface area contributed by atoms with E-state index in [0.717, 1.165) is 12.0 Å². The van der Waals surface area contributed by atoms with Gasteiger partial charge in [-0.1, -0.05) is 37.3 Å². The maximum Gasteiger partial charge on any atom is 0.229 e. The lowest BCUT2D eigenvalue weighted by Crippen LogP contribution is -2.60. The van der Waals surface area contributed by atoms with Crippen LogP contribution < -0.4 is 4.74 Å². The van der Waals surface area contributed by atoms with Gasteiger partial charge in [0, 0.05) is 6.54 Å². The first kappa shape index (κ1) is 20.8. The van der Waals surface area contributed by atoms with Crippen LogP contribution in [0.5, 0.6) is 5.75 Å². The molecule has 160 valence electrons. The number of aliphatic hydroxyl groups is 4. The van der Waals surface area contributed by atoms with E-state index >= 15 is 0 Å². The number of aryl methyl sites for hydroxylation is 1. The average molecular weight is 414 g/mol. The minimum absolute atomic E-state index is 0.416. The van der Waals surface area contributed by atoms with Crippen LogP contribution in [-0.4, -0.2) is 67.3 Å². The molecule has 5 unspecified atom stereocenters. The maximum absolute atomic E-state index is 10.3. The fraction of sp³-hybridized carbons (Fsp3) is 0.409. The minimum Gasteiger partial charge on any atom is -0.460 e. The number of hydrogen-bond acceptors (Lipinski definition) is 7. The van der Waals surface area contributed by atoms with Crippen LogP contribution in [0.3, 0.4) is 0 Å². The van der Waals surface area contributed by atoms with Crippen molar-refractivity contribution in [3.8, 4) is 5.75 Å². The van der Waals surface area contributed by atoms with E-state index in [9.17, 15) is 20.4 Å². The normalized spacial score (nSPS) is 26.8. The molecule has 3 aromatic rings. The molecule has 0 spiro atoms. The average Bonchev–Trinajstić information content (AvgIpc) is 3.18. The van der Waals surface area contributed by atoms with Crippen LogP contribution in [-0.2, 0) is 17.7 Å². The molecule has 1 fully saturated rings. The molecule has 5 atom stereocenters. The van der Waals surface area contributed by atoms with Crippen molar-refractivity contribution in [3.05, 3.63) is 59.9 Å². The Balaban J connectivity index is 1.62. The lowest BCUT2D eigenvalue weighted by molar-refractivity contribution is -0.277. The zero-order valence-corrected chi connectivity index (χ0v) is 16.6. The zero-order chi connectivity index (χ0) is 21.3. The highest BCUT2D eigenvalue weighted by Crippen LogP contribution is 2.30. The molecule has 4 N–H and O–H groups in total. The van der Waals surface area contributed by atoms with Crippen molar-refractivity contribution in [1.29, 1.82) is 0 Å². The summed E-state index contributed by atoms with van der Waals surface area (Å²) in [5, 5.41) is 39.7. The van der Waals surface area contributed by atoms with Gasteiger partial charge in [0.2, 0.25) is 6.29 Å². The first-order valence-corrected chi connectivity index (χ1v) is 10.0. The number of ether oxygens (including phenoxy) is 2. The lowest BCUT2D eigenvalue weighted by atomic mass is 9.99. The standard InChI is InChI=1S/C22H26N2O6/c1-2-13-6-8-14(9-7-13)10-24-12-23-15-4-3-5-16(18(15)24)29-22-21(28)20(27)19(26)17(11-25)30-22/h3-9,12,17,19-22,25-28H,2,10-11H2,1H3. The Bertz CT molecular complexity index is 987. The fourth-order valence-electron chi connectivity index (χ4n) is 3.68. The monoisotopic (exact) mass is 414 g/mol. The van der Waals surface area contributed by atoms with Gasteiger partial charge in [0.05, 0.1) is 18.5 Å². The molecule has 2 heterocycles. The molecule has 30 heavy (non-hydrogen) atoms. The number of hydrogen-bond donors (Lipinski definition) is 4. The Labute approximate surface area is 173 Å². The Hall–Kier alpha value is -2.49. The van der Waals surface area contributed by atoms with E-state index in [1.807, 2.05) is 10.6 Å². The molecule has 1 aliphatic heterocycles. The molecular weight excluding hydrogens is 388 g/mol. The van der Waals surface area contributed by atoms with Crippen molar-refractivity contribution in [2.24, 2.45) is 0 Å². The number of imidazole rings is 1. The van der Waals surface area contributed by atoms with Crippen molar-refractivity contribution >= 4 is 11.0 Å². The lowest BCUT2D eigenvalue weighted by Gasteiger charge is -2.39. The molecular formula is C22H26N2O6. The molecule has 0 saturated carbocycles. The van der Waals surface area contributed by atoms with Gasteiger partial charge in [-0.3, -0.25) is 0 Å². The van der Waals surface area contributed by atoms with E-state index in [0.29, 0.717) is 23.3 Å². The molecule has 1 saturated heterocycles. The summed E-state index contributed by atoms with van der Waals surface area (Å²) in [6, 6.07) is 13.7. The van der Waals surface area contributed by atoms with Crippen LogP contribution in [0.1, 0.15) is 18.1 Å². The summed E-state index contributed by atoms with van der Waals surface area (Å²) in [6.07, 6.45) is -3.99. The van der Waals surface area contributed by atoms with Gasteiger partial charge >= 0.3 is 0 Å². The predicted octanol–water partition coefficient (Wildman–Crippen LogP) is 0.826. The Morgan fingerprint density at radius 3 is 2.43 bits per heavy atom. The molecule has 0 radical (unpaired) electrons.